The highest BCUT2D eigenvalue weighted by Gasteiger charge is 2.34. The first kappa shape index (κ1) is 26.2. The van der Waals surface area contributed by atoms with E-state index in [9.17, 15) is 19.5 Å². The first-order chi connectivity index (χ1) is 16.5. The lowest BCUT2D eigenvalue weighted by molar-refractivity contribution is -0.129. The molecule has 2 aromatic rings. The molecule has 1 aromatic carbocycles. The number of hydrogen-bond donors (Lipinski definition) is 1. The quantitative estimate of drug-likeness (QED) is 0.677. The first-order valence-corrected chi connectivity index (χ1v) is 11.7. The second kappa shape index (κ2) is 10.9. The van der Waals surface area contributed by atoms with Gasteiger partial charge in [0.1, 0.15) is 11.7 Å². The van der Waals surface area contributed by atoms with E-state index in [2.05, 4.69) is 4.98 Å². The van der Waals surface area contributed by atoms with Crippen LogP contribution in [0, 0.1) is 5.92 Å². The molecule has 3 rings (SSSR count). The van der Waals surface area contributed by atoms with Crippen molar-refractivity contribution in [2.45, 2.75) is 32.9 Å². The lowest BCUT2D eigenvalue weighted by Gasteiger charge is -2.37. The second-order valence-corrected chi connectivity index (χ2v) is 9.38. The fourth-order valence-electron chi connectivity index (χ4n) is 3.94. The van der Waals surface area contributed by atoms with Crippen molar-refractivity contribution in [1.29, 1.82) is 0 Å². The van der Waals surface area contributed by atoms with Gasteiger partial charge in [0.25, 0.3) is 11.8 Å². The summed E-state index contributed by atoms with van der Waals surface area (Å²) in [5, 5.41) is 9.80. The molecule has 188 valence electrons. The van der Waals surface area contributed by atoms with E-state index in [0.717, 1.165) is 5.56 Å². The zero-order valence-corrected chi connectivity index (χ0v) is 21.2. The zero-order chi connectivity index (χ0) is 25.9. The summed E-state index contributed by atoms with van der Waals surface area (Å²) in [6.45, 7) is 5.77. The maximum atomic E-state index is 13.6. The van der Waals surface area contributed by atoms with Crippen LogP contribution in [0.3, 0.4) is 0 Å². The number of pyridine rings is 1. The Morgan fingerprint density at radius 3 is 2.43 bits per heavy atom. The maximum absolute atomic E-state index is 13.6. The Labute approximate surface area is 206 Å². The topological polar surface area (TPSA) is 103 Å². The molecule has 35 heavy (non-hydrogen) atoms. The molecule has 3 amide bonds. The number of carbonyl (C=O) groups is 3. The van der Waals surface area contributed by atoms with Crippen molar-refractivity contribution in [1.82, 2.24) is 19.7 Å². The molecule has 3 atom stereocenters. The van der Waals surface area contributed by atoms with Gasteiger partial charge in [-0.2, -0.15) is 0 Å². The van der Waals surface area contributed by atoms with Crippen LogP contribution >= 0.6 is 0 Å². The van der Waals surface area contributed by atoms with Crippen LogP contribution in [0.15, 0.2) is 36.5 Å². The van der Waals surface area contributed by atoms with Crippen LogP contribution in [0.2, 0.25) is 0 Å². The second-order valence-electron chi connectivity index (χ2n) is 9.38. The minimum atomic E-state index is -0.401. The summed E-state index contributed by atoms with van der Waals surface area (Å²) >= 11 is 0. The molecule has 1 aromatic heterocycles. The number of benzene rings is 1. The summed E-state index contributed by atoms with van der Waals surface area (Å²) < 4.78 is 6.20. The Kier molecular flexibility index (Phi) is 8.11. The van der Waals surface area contributed by atoms with Crippen LogP contribution in [0.4, 0.5) is 0 Å². The highest BCUT2D eigenvalue weighted by molar-refractivity contribution is 5.98. The van der Waals surface area contributed by atoms with Gasteiger partial charge in [0.05, 0.1) is 19.2 Å². The van der Waals surface area contributed by atoms with Gasteiger partial charge in [-0.1, -0.05) is 19.1 Å². The summed E-state index contributed by atoms with van der Waals surface area (Å²) in [5.74, 6) is -0.367. The predicted molar refractivity (Wildman–Crippen MR) is 132 cm³/mol. The van der Waals surface area contributed by atoms with Crippen molar-refractivity contribution >= 4 is 17.7 Å². The van der Waals surface area contributed by atoms with Crippen LogP contribution in [-0.4, -0.2) is 95.5 Å². The minimum Gasteiger partial charge on any atom is -0.472 e. The van der Waals surface area contributed by atoms with Crippen LogP contribution in [0.1, 0.15) is 41.5 Å². The number of amides is 3. The lowest BCUT2D eigenvalue weighted by Crippen LogP contribution is -2.50. The molecule has 2 heterocycles. The number of carbonyl (C=O) groups excluding carboxylic acids is 3. The van der Waals surface area contributed by atoms with Gasteiger partial charge in [-0.25, -0.2) is 4.98 Å². The molecule has 0 saturated heterocycles. The van der Waals surface area contributed by atoms with Crippen LogP contribution in [-0.2, 0) is 4.79 Å². The van der Waals surface area contributed by atoms with Gasteiger partial charge < -0.3 is 24.5 Å². The predicted octanol–water partition coefficient (Wildman–Crippen LogP) is 2.15. The zero-order valence-electron chi connectivity index (χ0n) is 21.2. The van der Waals surface area contributed by atoms with Crippen molar-refractivity contribution in [3.8, 4) is 17.0 Å². The molecule has 0 radical (unpaired) electrons. The third kappa shape index (κ3) is 5.79. The smallest absolute Gasteiger partial charge is 0.259 e. The van der Waals surface area contributed by atoms with Crippen molar-refractivity contribution in [3.63, 3.8) is 0 Å². The summed E-state index contributed by atoms with van der Waals surface area (Å²) in [7, 11) is 5.10. The van der Waals surface area contributed by atoms with Crippen LogP contribution in [0.25, 0.3) is 11.1 Å². The number of aliphatic hydroxyl groups is 1. The summed E-state index contributed by atoms with van der Waals surface area (Å²) in [5.41, 5.74) is 2.35. The molecule has 0 unspecified atom stereocenters. The number of likely N-dealkylation sites (N-methyl/N-ethyl adjacent to an activating group) is 1. The van der Waals surface area contributed by atoms with E-state index in [1.54, 1.807) is 62.3 Å². The van der Waals surface area contributed by atoms with Gasteiger partial charge in [-0.05, 0) is 30.7 Å². The van der Waals surface area contributed by atoms with E-state index in [-0.39, 0.29) is 42.2 Å². The summed E-state index contributed by atoms with van der Waals surface area (Å²) in [4.78, 5) is 46.8. The fraction of sp³-hybridized carbons (Fsp3) is 0.462. The van der Waals surface area contributed by atoms with Gasteiger partial charge in [0.2, 0.25) is 11.8 Å². The Hall–Kier alpha value is -3.46. The number of rotatable bonds is 6. The molecule has 9 nitrogen and oxygen atoms in total. The van der Waals surface area contributed by atoms with Gasteiger partial charge in [-0.3, -0.25) is 14.4 Å². The normalized spacial score (nSPS) is 18.6. The highest BCUT2D eigenvalue weighted by atomic mass is 16.5. The number of ether oxygens (including phenoxy) is 1. The molecule has 9 heteroatoms. The van der Waals surface area contributed by atoms with Gasteiger partial charge in [0, 0.05) is 57.9 Å². The molecule has 1 aliphatic rings. The van der Waals surface area contributed by atoms with Crippen molar-refractivity contribution < 1.29 is 24.2 Å². The number of hydrogen-bond acceptors (Lipinski definition) is 6. The molecule has 1 aliphatic heterocycles. The van der Waals surface area contributed by atoms with Crippen molar-refractivity contribution in [2.24, 2.45) is 5.92 Å². The Morgan fingerprint density at radius 1 is 1.20 bits per heavy atom. The molecule has 0 spiro atoms. The maximum Gasteiger partial charge on any atom is 0.259 e. The Balaban J connectivity index is 2.02. The molecular formula is C26H34N4O5. The van der Waals surface area contributed by atoms with Gasteiger partial charge in [0.15, 0.2) is 0 Å². The molecule has 1 N–H and O–H groups in total. The molecule has 0 fully saturated rings. The van der Waals surface area contributed by atoms with E-state index in [4.69, 9.17) is 4.74 Å². The Bertz CT molecular complexity index is 1090. The van der Waals surface area contributed by atoms with Crippen molar-refractivity contribution in [2.75, 3.05) is 40.8 Å². The standard InChI is InChI=1S/C26H34N4O5/c1-16-13-30(17(2)15-31)26(34)22-11-21(19-7-9-20(10-8-19)25(33)28(4)5)12-27-24(22)35-23(16)14-29(6)18(3)32/h7-12,16-17,23,31H,13-15H2,1-6H3/t16-,17+,23+/m1/s1. The number of fused-ring (bicyclic) bond motifs is 1. The number of aliphatic hydroxyl groups excluding tert-OH is 1. The number of nitrogens with zero attached hydrogens (tertiary/aromatic N) is 4. The summed E-state index contributed by atoms with van der Waals surface area (Å²) in [6.07, 6.45) is 1.24. The van der Waals surface area contributed by atoms with Crippen molar-refractivity contribution in [3.05, 3.63) is 47.7 Å². The van der Waals surface area contributed by atoms with E-state index in [1.165, 1.54) is 11.8 Å². The largest absolute Gasteiger partial charge is 0.472 e. The summed E-state index contributed by atoms with van der Waals surface area (Å²) in [6, 6.07) is 8.43. The van der Waals surface area contributed by atoms with Crippen LogP contribution in [0.5, 0.6) is 5.88 Å². The van der Waals surface area contributed by atoms with Gasteiger partial charge >= 0.3 is 0 Å². The van der Waals surface area contributed by atoms with Gasteiger partial charge in [-0.15, -0.1) is 0 Å². The average Bonchev–Trinajstić information content (AvgIpc) is 2.84. The molecule has 0 bridgehead atoms. The SMILES string of the molecule is CC(=O)N(C)C[C@@H]1Oc2ncc(-c3ccc(C(=O)N(C)C)cc3)cc2C(=O)N([C@@H](C)CO)C[C@H]1C. The molecular weight excluding hydrogens is 448 g/mol. The molecule has 0 saturated carbocycles. The third-order valence-electron chi connectivity index (χ3n) is 6.38. The minimum absolute atomic E-state index is 0.0840. The third-order valence-corrected chi connectivity index (χ3v) is 6.38. The van der Waals surface area contributed by atoms with E-state index in [1.807, 2.05) is 19.1 Å². The number of aromatic nitrogens is 1. The van der Waals surface area contributed by atoms with E-state index in [0.29, 0.717) is 29.8 Å². The van der Waals surface area contributed by atoms with E-state index >= 15 is 0 Å². The highest BCUT2D eigenvalue weighted by Crippen LogP contribution is 2.30. The van der Waals surface area contributed by atoms with Crippen LogP contribution < -0.4 is 4.74 Å². The lowest BCUT2D eigenvalue weighted by atomic mass is 9.99. The molecule has 0 aliphatic carbocycles. The average molecular weight is 483 g/mol. The monoisotopic (exact) mass is 482 g/mol. The van der Waals surface area contributed by atoms with E-state index < -0.39 is 6.04 Å². The first-order valence-electron chi connectivity index (χ1n) is 11.7. The fourth-order valence-corrected chi connectivity index (χ4v) is 3.94. The Morgan fingerprint density at radius 2 is 1.86 bits per heavy atom.